The molecule has 10 nitrogen and oxygen atoms in total. The quantitative estimate of drug-likeness (QED) is 0.458. The van der Waals surface area contributed by atoms with E-state index >= 15 is 0 Å². The molecule has 10 heteroatoms. The number of ether oxygens (including phenoxy) is 5. The summed E-state index contributed by atoms with van der Waals surface area (Å²) in [6.07, 6.45) is -1.61. The third kappa shape index (κ3) is 11.9. The summed E-state index contributed by atoms with van der Waals surface area (Å²) < 4.78 is 35.8. The maximum Gasteiger partial charge on any atom is 0.437 e. The van der Waals surface area contributed by atoms with Gasteiger partial charge < -0.3 is 29.0 Å². The molecule has 1 aliphatic heterocycles. The van der Waals surface area contributed by atoms with E-state index in [4.69, 9.17) is 25.1 Å². The third-order valence-electron chi connectivity index (χ3n) is 4.29. The van der Waals surface area contributed by atoms with E-state index < -0.39 is 35.1 Å². The smallest absolute Gasteiger partial charge is 0.437 e. The summed E-state index contributed by atoms with van der Waals surface area (Å²) in [7, 11) is 0. The van der Waals surface area contributed by atoms with Crippen molar-refractivity contribution in [1.29, 1.82) is 0 Å². The van der Waals surface area contributed by atoms with E-state index in [0.717, 1.165) is 5.56 Å². The van der Waals surface area contributed by atoms with E-state index in [1.807, 2.05) is 26.0 Å². The highest BCUT2D eigenvalue weighted by atomic mass is 16.7. The number of amides is 2. The Morgan fingerprint density at radius 2 is 1.63 bits per heavy atom. The lowest BCUT2D eigenvalue weighted by Crippen LogP contribution is -2.44. The Hall–Kier alpha value is -2.85. The van der Waals surface area contributed by atoms with E-state index in [0.29, 0.717) is 5.75 Å². The maximum absolute atomic E-state index is 12.2. The lowest BCUT2D eigenvalue weighted by Gasteiger charge is -2.34. The van der Waals surface area contributed by atoms with Crippen LogP contribution in [-0.4, -0.2) is 55.0 Å². The molecular weight excluding hydrogens is 454 g/mol. The largest absolute Gasteiger partial charge is 0.493 e. The lowest BCUT2D eigenvalue weighted by molar-refractivity contribution is -0.264. The van der Waals surface area contributed by atoms with E-state index in [2.05, 4.69) is 15.6 Å². The highest BCUT2D eigenvalue weighted by Gasteiger charge is 2.28. The van der Waals surface area contributed by atoms with Crippen molar-refractivity contribution in [1.82, 2.24) is 10.6 Å². The van der Waals surface area contributed by atoms with Gasteiger partial charge in [-0.05, 0) is 73.1 Å². The van der Waals surface area contributed by atoms with Crippen LogP contribution in [0.2, 0.25) is 0 Å². The predicted octanol–water partition coefficient (Wildman–Crippen LogP) is 4.37. The molecule has 1 aromatic carbocycles. The molecule has 2 N–H and O–H groups in total. The van der Waals surface area contributed by atoms with Crippen LogP contribution in [0.3, 0.4) is 0 Å². The molecule has 0 spiro atoms. The number of nitrogens with zero attached hydrogens (tertiary/aromatic N) is 1. The molecule has 35 heavy (non-hydrogen) atoms. The van der Waals surface area contributed by atoms with Crippen LogP contribution in [0.5, 0.6) is 5.75 Å². The number of guanidine groups is 1. The fourth-order valence-electron chi connectivity index (χ4n) is 2.68. The molecule has 0 unspecified atom stereocenters. The molecule has 196 valence electrons. The summed E-state index contributed by atoms with van der Waals surface area (Å²) in [6, 6.07) is 7.16. The number of rotatable bonds is 5. The second-order valence-corrected chi connectivity index (χ2v) is 10.6. The van der Waals surface area contributed by atoms with Gasteiger partial charge in [0.05, 0.1) is 19.8 Å². The van der Waals surface area contributed by atoms with Crippen LogP contribution in [-0.2, 0) is 25.5 Å². The van der Waals surface area contributed by atoms with Gasteiger partial charge in [0.25, 0.3) is 0 Å². The summed E-state index contributed by atoms with van der Waals surface area (Å²) in [5.74, 6) is -1.20. The summed E-state index contributed by atoms with van der Waals surface area (Å²) in [5.41, 5.74) is -0.630. The van der Waals surface area contributed by atoms with Gasteiger partial charge in [-0.2, -0.15) is 0 Å². The first-order chi connectivity index (χ1) is 16.4. The van der Waals surface area contributed by atoms with Crippen LogP contribution >= 0.6 is 0 Å². The zero-order valence-electron chi connectivity index (χ0n) is 22.9. The number of alkyl carbamates (subject to hydrolysis) is 1. The molecule has 0 saturated carbocycles. The summed E-state index contributed by atoms with van der Waals surface area (Å²) in [5, 5.41) is 5.37. The monoisotopic (exact) mass is 494 g/mol. The van der Waals surface area contributed by atoms with Crippen molar-refractivity contribution >= 4 is 18.1 Å². The van der Waals surface area contributed by atoms with Crippen LogP contribution in [0, 0.1) is 5.89 Å². The average Bonchev–Trinajstić information content (AvgIpc) is 2.71. The maximum atomic E-state index is 12.2. The first-order valence-corrected chi connectivity index (χ1v) is 11.5. The van der Waals surface area contributed by atoms with Gasteiger partial charge in [0, 0.05) is 13.8 Å². The SMILES string of the molecule is [2H]C1(COc2ccc(CNC(=NC(=O)OC(C)(C)C)NC(=O)OC(C)(C)C)cc2)COC(C)(C)OC1. The van der Waals surface area contributed by atoms with Gasteiger partial charge in [0.15, 0.2) is 5.79 Å². The Kier molecular flexibility index (Phi) is 8.96. The zero-order chi connectivity index (χ0) is 27.2. The molecule has 0 aliphatic carbocycles. The topological polar surface area (TPSA) is 117 Å². The van der Waals surface area contributed by atoms with Gasteiger partial charge in [-0.1, -0.05) is 12.1 Å². The number of nitrogens with one attached hydrogen (secondary N) is 2. The van der Waals surface area contributed by atoms with Crippen LogP contribution in [0.1, 0.15) is 62.3 Å². The van der Waals surface area contributed by atoms with Gasteiger partial charge in [-0.15, -0.1) is 4.99 Å². The van der Waals surface area contributed by atoms with Crippen LogP contribution in [0.25, 0.3) is 0 Å². The van der Waals surface area contributed by atoms with Crippen molar-refractivity contribution in [3.05, 3.63) is 29.8 Å². The minimum absolute atomic E-state index is 0.102. The van der Waals surface area contributed by atoms with Crippen molar-refractivity contribution in [3.8, 4) is 5.75 Å². The van der Waals surface area contributed by atoms with E-state index in [-0.39, 0.29) is 32.3 Å². The molecule has 0 radical (unpaired) electrons. The van der Waals surface area contributed by atoms with Crippen LogP contribution in [0.4, 0.5) is 9.59 Å². The van der Waals surface area contributed by atoms with Gasteiger partial charge >= 0.3 is 12.2 Å². The minimum Gasteiger partial charge on any atom is -0.493 e. The van der Waals surface area contributed by atoms with Gasteiger partial charge in [-0.25, -0.2) is 9.59 Å². The number of hydrogen-bond donors (Lipinski definition) is 2. The lowest BCUT2D eigenvalue weighted by atomic mass is 10.1. The first-order valence-electron chi connectivity index (χ1n) is 12.0. The highest BCUT2D eigenvalue weighted by molar-refractivity contribution is 5.98. The number of hydrogen-bond acceptors (Lipinski definition) is 7. The molecule has 1 saturated heterocycles. The Labute approximate surface area is 209 Å². The molecule has 0 bridgehead atoms. The summed E-state index contributed by atoms with van der Waals surface area (Å²) >= 11 is 0. The molecule has 2 amide bonds. The standard InChI is InChI=1S/C25H39N3O7/c1-23(2,3)34-21(29)27-20(28-22(30)35-24(4,5)6)26-13-17-9-11-19(12-10-17)31-14-18-15-32-25(7,8)33-16-18/h9-12,18H,13-16H2,1-8H3,(H2,26,27,28,29,30)/i18D. The van der Waals surface area contributed by atoms with Crippen LogP contribution in [0.15, 0.2) is 29.3 Å². The number of carbonyl (C=O) groups excluding carboxylic acids is 2. The van der Waals surface area contributed by atoms with Crippen LogP contribution < -0.4 is 15.4 Å². The molecule has 1 aliphatic rings. The summed E-state index contributed by atoms with van der Waals surface area (Å²) in [6.45, 7) is 14.8. The minimum atomic E-state index is -0.990. The van der Waals surface area contributed by atoms with Crippen molar-refractivity contribution in [2.24, 2.45) is 10.9 Å². The molecular formula is C25H39N3O7. The van der Waals surface area contributed by atoms with Crippen molar-refractivity contribution in [2.45, 2.75) is 78.9 Å². The van der Waals surface area contributed by atoms with E-state index in [9.17, 15) is 9.59 Å². The fraction of sp³-hybridized carbons (Fsp3) is 0.640. The van der Waals surface area contributed by atoms with Gasteiger partial charge in [0.2, 0.25) is 5.96 Å². The Bertz CT molecular complexity index is 924. The molecule has 1 fully saturated rings. The highest BCUT2D eigenvalue weighted by Crippen LogP contribution is 2.21. The third-order valence-corrected chi connectivity index (χ3v) is 4.29. The van der Waals surface area contributed by atoms with Crippen molar-refractivity contribution in [2.75, 3.05) is 19.8 Å². The second-order valence-electron chi connectivity index (χ2n) is 10.6. The number of benzene rings is 1. The fourth-order valence-corrected chi connectivity index (χ4v) is 2.68. The Balaban J connectivity index is 1.97. The summed E-state index contributed by atoms with van der Waals surface area (Å²) in [4.78, 5) is 28.2. The van der Waals surface area contributed by atoms with Crippen molar-refractivity contribution in [3.63, 3.8) is 0 Å². The molecule has 1 heterocycles. The van der Waals surface area contributed by atoms with Crippen molar-refractivity contribution < 1.29 is 34.6 Å². The number of aliphatic imine (C=N–C) groups is 1. The molecule has 1 aromatic rings. The first kappa shape index (κ1) is 26.7. The number of carbonyl (C=O) groups is 2. The predicted molar refractivity (Wildman–Crippen MR) is 131 cm³/mol. The van der Waals surface area contributed by atoms with Gasteiger partial charge in [-0.3, -0.25) is 5.32 Å². The molecule has 0 aromatic heterocycles. The zero-order valence-corrected chi connectivity index (χ0v) is 21.9. The molecule has 2 rings (SSSR count). The van der Waals surface area contributed by atoms with Gasteiger partial charge in [0.1, 0.15) is 17.0 Å². The Morgan fingerprint density at radius 1 is 1.06 bits per heavy atom. The Morgan fingerprint density at radius 3 is 2.17 bits per heavy atom. The van der Waals surface area contributed by atoms with E-state index in [1.54, 1.807) is 53.7 Å². The second kappa shape index (κ2) is 11.7. The molecule has 0 atom stereocenters. The average molecular weight is 495 g/mol. The normalized spacial score (nSPS) is 18.2. The van der Waals surface area contributed by atoms with E-state index in [1.165, 1.54) is 0 Å².